The molecule has 0 saturated carbocycles. The molecule has 0 bridgehead atoms. The number of benzene rings is 1. The van der Waals surface area contributed by atoms with E-state index in [0.29, 0.717) is 28.5 Å². The molecule has 6 nitrogen and oxygen atoms in total. The Morgan fingerprint density at radius 2 is 1.95 bits per heavy atom. The smallest absolute Gasteiger partial charge is 0.323 e. The van der Waals surface area contributed by atoms with Gasteiger partial charge in [0.05, 0.1) is 16.9 Å². The van der Waals surface area contributed by atoms with Crippen LogP contribution in [-0.4, -0.2) is 23.5 Å². The molecule has 0 saturated heterocycles. The molecular weight excluding hydrogens is 272 g/mol. The van der Waals surface area contributed by atoms with Crippen molar-refractivity contribution in [3.8, 4) is 0 Å². The minimum absolute atomic E-state index is 0.331. The molecule has 0 aliphatic heterocycles. The van der Waals surface area contributed by atoms with Crippen LogP contribution in [0, 0.1) is 13.8 Å². The zero-order chi connectivity index (χ0) is 15.6. The van der Waals surface area contributed by atoms with Crippen LogP contribution in [0.2, 0.25) is 0 Å². The van der Waals surface area contributed by atoms with Crippen LogP contribution in [0.3, 0.4) is 0 Å². The molecule has 2 rings (SSSR count). The van der Waals surface area contributed by atoms with E-state index >= 15 is 0 Å². The van der Waals surface area contributed by atoms with Gasteiger partial charge < -0.3 is 15.3 Å². The fraction of sp³-hybridized carbons (Fsp3) is 0.200. The predicted molar refractivity (Wildman–Crippen MR) is 78.3 cm³/mol. The summed E-state index contributed by atoms with van der Waals surface area (Å²) in [6.07, 6.45) is 0. The molecule has 1 heterocycles. The van der Waals surface area contributed by atoms with Crippen LogP contribution in [-0.2, 0) is 4.79 Å². The van der Waals surface area contributed by atoms with Gasteiger partial charge in [0.25, 0.3) is 5.91 Å². The lowest BCUT2D eigenvalue weighted by Crippen LogP contribution is -2.36. The zero-order valence-corrected chi connectivity index (χ0v) is 11.8. The summed E-state index contributed by atoms with van der Waals surface area (Å²) in [6.45, 7) is 2.91. The first-order valence-electron chi connectivity index (χ1n) is 6.35. The number of amides is 1. The van der Waals surface area contributed by atoms with Gasteiger partial charge >= 0.3 is 5.97 Å². The number of carbonyl (C=O) groups excluding carboxylic acids is 1. The van der Waals surface area contributed by atoms with Crippen molar-refractivity contribution in [2.24, 2.45) is 0 Å². The fourth-order valence-electron chi connectivity index (χ4n) is 2.12. The largest absolute Gasteiger partial charge is 0.480 e. The molecule has 0 aliphatic rings. The van der Waals surface area contributed by atoms with Crippen LogP contribution < -0.4 is 10.6 Å². The number of nitrogens with zero attached hydrogens (tertiary/aromatic N) is 1. The number of carboxylic acid groups (broad SMARTS) is 1. The van der Waals surface area contributed by atoms with Gasteiger partial charge in [0.15, 0.2) is 0 Å². The van der Waals surface area contributed by atoms with Gasteiger partial charge in [-0.25, -0.2) is 0 Å². The molecule has 2 aromatic rings. The number of carbonyl (C=O) groups is 2. The third-order valence-corrected chi connectivity index (χ3v) is 3.04. The van der Waals surface area contributed by atoms with E-state index in [1.165, 1.54) is 0 Å². The average molecular weight is 288 g/mol. The third-order valence-electron chi connectivity index (χ3n) is 3.04. The monoisotopic (exact) mass is 288 g/mol. The predicted octanol–water partition coefficient (Wildman–Crippen LogP) is 2.21. The molecule has 1 aromatic carbocycles. The van der Waals surface area contributed by atoms with Crippen LogP contribution in [0.15, 0.2) is 34.7 Å². The number of nitrogen functional groups attached to an aromatic ring is 1. The number of anilines is 2. The van der Waals surface area contributed by atoms with Gasteiger partial charge in [-0.2, -0.15) is 0 Å². The normalized spacial score (nSPS) is 10.4. The second-order valence-electron chi connectivity index (χ2n) is 4.67. The van der Waals surface area contributed by atoms with Crippen LogP contribution >= 0.6 is 0 Å². The summed E-state index contributed by atoms with van der Waals surface area (Å²) in [4.78, 5) is 24.8. The molecule has 0 spiro atoms. The van der Waals surface area contributed by atoms with Crippen molar-refractivity contribution in [2.75, 3.05) is 17.2 Å². The highest BCUT2D eigenvalue weighted by atomic mass is 16.4. The highest BCUT2D eigenvalue weighted by Gasteiger charge is 2.25. The topological polar surface area (TPSA) is 96.8 Å². The molecule has 0 atom stereocenters. The van der Waals surface area contributed by atoms with E-state index in [9.17, 15) is 9.59 Å². The van der Waals surface area contributed by atoms with Crippen molar-refractivity contribution in [2.45, 2.75) is 13.8 Å². The summed E-state index contributed by atoms with van der Waals surface area (Å²) in [5.41, 5.74) is 6.88. The fourth-order valence-corrected chi connectivity index (χ4v) is 2.12. The maximum Gasteiger partial charge on any atom is 0.323 e. The van der Waals surface area contributed by atoms with Crippen molar-refractivity contribution in [1.82, 2.24) is 0 Å². The van der Waals surface area contributed by atoms with Crippen molar-refractivity contribution >= 4 is 23.3 Å². The first kappa shape index (κ1) is 14.6. The molecular formula is C15H16N2O4. The molecule has 3 N–H and O–H groups in total. The Kier molecular flexibility index (Phi) is 3.98. The molecule has 1 amide bonds. The Bertz CT molecular complexity index is 691. The number of aliphatic carboxylic acids is 1. The van der Waals surface area contributed by atoms with E-state index in [1.54, 1.807) is 44.2 Å². The Morgan fingerprint density at radius 3 is 2.48 bits per heavy atom. The summed E-state index contributed by atoms with van der Waals surface area (Å²) in [7, 11) is 0. The molecule has 110 valence electrons. The minimum atomic E-state index is -1.12. The Balaban J connectivity index is 2.46. The van der Waals surface area contributed by atoms with Crippen molar-refractivity contribution in [3.63, 3.8) is 0 Å². The molecule has 1 aromatic heterocycles. The summed E-state index contributed by atoms with van der Waals surface area (Å²) >= 11 is 0. The highest BCUT2D eigenvalue weighted by Crippen LogP contribution is 2.26. The van der Waals surface area contributed by atoms with Crippen LogP contribution in [0.25, 0.3) is 0 Å². The minimum Gasteiger partial charge on any atom is -0.480 e. The second-order valence-corrected chi connectivity index (χ2v) is 4.67. The van der Waals surface area contributed by atoms with Crippen molar-refractivity contribution in [3.05, 3.63) is 47.4 Å². The number of aryl methyl sites for hydroxylation is 2. The quantitative estimate of drug-likeness (QED) is 0.841. The number of hydrogen-bond acceptors (Lipinski definition) is 4. The molecule has 0 unspecified atom stereocenters. The number of nitrogens with two attached hydrogens (primary N) is 1. The van der Waals surface area contributed by atoms with E-state index < -0.39 is 18.4 Å². The standard InChI is InChI=1S/C15H16N2O4/c1-9-7-11(10(2)21-9)15(20)17(8-14(18)19)13-6-4-3-5-12(13)16/h3-7H,8,16H2,1-2H3,(H,18,19). The van der Waals surface area contributed by atoms with E-state index in [4.69, 9.17) is 15.3 Å². The summed E-state index contributed by atoms with van der Waals surface area (Å²) in [5, 5.41) is 9.05. The van der Waals surface area contributed by atoms with E-state index in [-0.39, 0.29) is 0 Å². The van der Waals surface area contributed by atoms with Gasteiger partial charge in [0.1, 0.15) is 18.1 Å². The van der Waals surface area contributed by atoms with Crippen molar-refractivity contribution in [1.29, 1.82) is 0 Å². The molecule has 0 fully saturated rings. The average Bonchev–Trinajstić information content (AvgIpc) is 2.75. The van der Waals surface area contributed by atoms with Gasteiger partial charge in [-0.1, -0.05) is 12.1 Å². The van der Waals surface area contributed by atoms with Gasteiger partial charge in [0.2, 0.25) is 0 Å². The van der Waals surface area contributed by atoms with Gasteiger partial charge in [0, 0.05) is 0 Å². The molecule has 0 aliphatic carbocycles. The lowest BCUT2D eigenvalue weighted by Gasteiger charge is -2.22. The van der Waals surface area contributed by atoms with E-state index in [2.05, 4.69) is 0 Å². The molecule has 0 radical (unpaired) electrons. The maximum absolute atomic E-state index is 12.6. The first-order valence-corrected chi connectivity index (χ1v) is 6.35. The lowest BCUT2D eigenvalue weighted by atomic mass is 10.1. The van der Waals surface area contributed by atoms with E-state index in [0.717, 1.165) is 4.90 Å². The number of rotatable bonds is 4. The lowest BCUT2D eigenvalue weighted by molar-refractivity contribution is -0.135. The number of carboxylic acids is 1. The Labute approximate surface area is 121 Å². The zero-order valence-electron chi connectivity index (χ0n) is 11.8. The van der Waals surface area contributed by atoms with Gasteiger partial charge in [-0.15, -0.1) is 0 Å². The third kappa shape index (κ3) is 3.05. The van der Waals surface area contributed by atoms with E-state index in [1.807, 2.05) is 0 Å². The number of furan rings is 1. The molecule has 21 heavy (non-hydrogen) atoms. The first-order chi connectivity index (χ1) is 9.90. The molecule has 6 heteroatoms. The second kappa shape index (κ2) is 5.70. The van der Waals surface area contributed by atoms with Gasteiger partial charge in [-0.05, 0) is 32.0 Å². The Hall–Kier alpha value is -2.76. The van der Waals surface area contributed by atoms with Crippen molar-refractivity contribution < 1.29 is 19.1 Å². The SMILES string of the molecule is Cc1cc(C(=O)N(CC(=O)O)c2ccccc2N)c(C)o1. The number of para-hydroxylation sites is 2. The van der Waals surface area contributed by atoms with Crippen LogP contribution in [0.4, 0.5) is 11.4 Å². The van der Waals surface area contributed by atoms with Gasteiger partial charge in [-0.3, -0.25) is 14.5 Å². The van der Waals surface area contributed by atoms with Crippen LogP contribution in [0.1, 0.15) is 21.9 Å². The number of hydrogen-bond donors (Lipinski definition) is 2. The summed E-state index contributed by atoms with van der Waals surface area (Å²) < 4.78 is 5.33. The van der Waals surface area contributed by atoms with Crippen LogP contribution in [0.5, 0.6) is 0 Å². The summed E-state index contributed by atoms with van der Waals surface area (Å²) in [5.74, 6) is -0.538. The summed E-state index contributed by atoms with van der Waals surface area (Å²) in [6, 6.07) is 8.23. The Morgan fingerprint density at radius 1 is 1.29 bits per heavy atom. The highest BCUT2D eigenvalue weighted by molar-refractivity contribution is 6.10. The maximum atomic E-state index is 12.6.